The molecule has 0 bridgehead atoms. The van der Waals surface area contributed by atoms with Gasteiger partial charge in [-0.25, -0.2) is 4.79 Å². The fourth-order valence-electron chi connectivity index (χ4n) is 1.91. The molecule has 0 aliphatic carbocycles. The van der Waals surface area contributed by atoms with Gasteiger partial charge in [-0.2, -0.15) is 8.78 Å². The maximum atomic E-state index is 12.9. The number of aromatic hydroxyl groups is 1. The normalized spacial score (nSPS) is 11.7. The van der Waals surface area contributed by atoms with Crippen molar-refractivity contribution in [2.75, 3.05) is 5.32 Å². The van der Waals surface area contributed by atoms with Crippen LogP contribution >= 0.6 is 38.9 Å². The van der Waals surface area contributed by atoms with Gasteiger partial charge in [-0.1, -0.05) is 27.3 Å². The van der Waals surface area contributed by atoms with Gasteiger partial charge < -0.3 is 9.52 Å². The lowest BCUT2D eigenvalue weighted by Crippen LogP contribution is -2.21. The van der Waals surface area contributed by atoms with E-state index in [9.17, 15) is 23.5 Å². The molecule has 1 aromatic carbocycles. The molecule has 3 aromatic rings. The van der Waals surface area contributed by atoms with Crippen LogP contribution in [0.25, 0.3) is 11.0 Å². The van der Waals surface area contributed by atoms with Crippen molar-refractivity contribution in [1.29, 1.82) is 0 Å². The molecule has 0 radical (unpaired) electrons. The summed E-state index contributed by atoms with van der Waals surface area (Å²) in [6.07, 6.45) is 0. The van der Waals surface area contributed by atoms with Gasteiger partial charge in [0, 0.05) is 4.47 Å². The third kappa shape index (κ3) is 3.48. The van der Waals surface area contributed by atoms with Crippen molar-refractivity contribution < 1.29 is 23.1 Å². The van der Waals surface area contributed by atoms with E-state index < -0.39 is 33.2 Å². The second-order valence-corrected chi connectivity index (χ2v) is 6.99. The maximum absolute atomic E-state index is 12.9. The third-order valence-electron chi connectivity index (χ3n) is 2.96. The molecular formula is C13H5BrClF2N3O4S. The molecule has 0 aliphatic heterocycles. The molecule has 0 fully saturated rings. The van der Waals surface area contributed by atoms with Crippen molar-refractivity contribution in [2.45, 2.75) is 5.38 Å². The molecule has 25 heavy (non-hydrogen) atoms. The van der Waals surface area contributed by atoms with Crippen LogP contribution in [0.5, 0.6) is 5.75 Å². The van der Waals surface area contributed by atoms with Crippen LogP contribution < -0.4 is 10.9 Å². The summed E-state index contributed by atoms with van der Waals surface area (Å²) >= 11 is 8.31. The molecule has 0 saturated carbocycles. The number of nitrogens with one attached hydrogen (secondary N) is 1. The summed E-state index contributed by atoms with van der Waals surface area (Å²) in [5, 5.41) is 14.0. The van der Waals surface area contributed by atoms with E-state index in [0.29, 0.717) is 15.8 Å². The number of carbonyl (C=O) groups is 1. The van der Waals surface area contributed by atoms with Crippen LogP contribution in [0.15, 0.2) is 31.9 Å². The summed E-state index contributed by atoms with van der Waals surface area (Å²) in [4.78, 5) is 24.2. The summed E-state index contributed by atoms with van der Waals surface area (Å²) in [6.45, 7) is 0. The second kappa shape index (κ2) is 6.32. The first-order chi connectivity index (χ1) is 11.7. The standard InChI is InChI=1S/C13H5BrClF2N3O4S/c14-4-1-2-5-6(3-4)24-10(23)7(8(5)21)9(22)18-12-20-19-11(25-12)13(15,16)17/h1-3,21H,(H,18,20,22). The van der Waals surface area contributed by atoms with Gasteiger partial charge in [0.15, 0.2) is 5.56 Å². The van der Waals surface area contributed by atoms with E-state index in [2.05, 4.69) is 31.4 Å². The van der Waals surface area contributed by atoms with Crippen molar-refractivity contribution in [2.24, 2.45) is 0 Å². The number of carbonyl (C=O) groups excluding carboxylic acids is 1. The number of halogens is 4. The fourth-order valence-corrected chi connectivity index (χ4v) is 3.01. The number of anilines is 1. The molecule has 0 saturated heterocycles. The zero-order chi connectivity index (χ0) is 18.4. The first kappa shape index (κ1) is 17.7. The van der Waals surface area contributed by atoms with Crippen LogP contribution in [0.1, 0.15) is 15.4 Å². The molecule has 12 heteroatoms. The topological polar surface area (TPSA) is 105 Å². The molecule has 3 rings (SSSR count). The number of aromatic nitrogens is 2. The summed E-state index contributed by atoms with van der Waals surface area (Å²) in [7, 11) is 0. The highest BCUT2D eigenvalue weighted by molar-refractivity contribution is 9.10. The Kier molecular flexibility index (Phi) is 4.47. The van der Waals surface area contributed by atoms with Gasteiger partial charge in [0.2, 0.25) is 10.1 Å². The van der Waals surface area contributed by atoms with Crippen molar-refractivity contribution in [3.05, 3.63) is 43.7 Å². The lowest BCUT2D eigenvalue weighted by atomic mass is 10.1. The van der Waals surface area contributed by atoms with Crippen LogP contribution in [-0.4, -0.2) is 21.2 Å². The number of amides is 1. The van der Waals surface area contributed by atoms with Crippen LogP contribution in [0, 0.1) is 0 Å². The maximum Gasteiger partial charge on any atom is 0.375 e. The molecule has 0 atom stereocenters. The van der Waals surface area contributed by atoms with Gasteiger partial charge in [0.1, 0.15) is 11.3 Å². The van der Waals surface area contributed by atoms with E-state index in [-0.39, 0.29) is 16.1 Å². The summed E-state index contributed by atoms with van der Waals surface area (Å²) in [6, 6.07) is 4.45. The predicted octanol–water partition coefficient (Wildman–Crippen LogP) is 3.65. The van der Waals surface area contributed by atoms with Gasteiger partial charge in [0.05, 0.1) is 5.39 Å². The van der Waals surface area contributed by atoms with Crippen LogP contribution in [0.3, 0.4) is 0 Å². The Hall–Kier alpha value is -2.11. The number of hydrogen-bond donors (Lipinski definition) is 2. The highest BCUT2D eigenvalue weighted by atomic mass is 79.9. The Balaban J connectivity index is 1.99. The van der Waals surface area contributed by atoms with Crippen molar-refractivity contribution in [1.82, 2.24) is 10.2 Å². The molecule has 0 spiro atoms. The minimum Gasteiger partial charge on any atom is -0.506 e. The van der Waals surface area contributed by atoms with Crippen LogP contribution in [-0.2, 0) is 5.38 Å². The SMILES string of the molecule is O=C(Nc1nnc(C(F)(F)Cl)s1)c1c(O)c2ccc(Br)cc2oc1=O. The highest BCUT2D eigenvalue weighted by Gasteiger charge is 2.33. The highest BCUT2D eigenvalue weighted by Crippen LogP contribution is 2.36. The monoisotopic (exact) mass is 451 g/mol. The summed E-state index contributed by atoms with van der Waals surface area (Å²) in [5.74, 6) is -1.69. The predicted molar refractivity (Wildman–Crippen MR) is 89.5 cm³/mol. The molecular weight excluding hydrogens is 448 g/mol. The van der Waals surface area contributed by atoms with E-state index >= 15 is 0 Å². The van der Waals surface area contributed by atoms with Gasteiger partial charge >= 0.3 is 11.0 Å². The van der Waals surface area contributed by atoms with E-state index in [1.807, 2.05) is 0 Å². The van der Waals surface area contributed by atoms with Crippen LogP contribution in [0.4, 0.5) is 13.9 Å². The average molecular weight is 453 g/mol. The lowest BCUT2D eigenvalue weighted by Gasteiger charge is -2.06. The first-order valence-corrected chi connectivity index (χ1v) is 8.33. The summed E-state index contributed by atoms with van der Waals surface area (Å²) in [5.41, 5.74) is -1.73. The van der Waals surface area contributed by atoms with Crippen molar-refractivity contribution in [3.8, 4) is 5.75 Å². The van der Waals surface area contributed by atoms with Gasteiger partial charge in [-0.15, -0.1) is 10.2 Å². The van der Waals surface area contributed by atoms with Gasteiger partial charge in [0.25, 0.3) is 5.91 Å². The van der Waals surface area contributed by atoms with Gasteiger partial charge in [-0.05, 0) is 29.8 Å². The molecule has 2 aromatic heterocycles. The number of alkyl halides is 3. The molecule has 2 heterocycles. The Morgan fingerprint density at radius 2 is 2.12 bits per heavy atom. The van der Waals surface area contributed by atoms with Gasteiger partial charge in [-0.3, -0.25) is 10.1 Å². The summed E-state index contributed by atoms with van der Waals surface area (Å²) < 4.78 is 31.4. The second-order valence-electron chi connectivity index (χ2n) is 4.62. The molecule has 0 aliphatic rings. The Labute approximate surface area is 154 Å². The molecule has 0 unspecified atom stereocenters. The van der Waals surface area contributed by atoms with E-state index in [0.717, 1.165) is 0 Å². The Bertz CT molecular complexity index is 1050. The van der Waals surface area contributed by atoms with E-state index in [1.54, 1.807) is 6.07 Å². The Morgan fingerprint density at radius 1 is 1.40 bits per heavy atom. The molecule has 130 valence electrons. The fraction of sp³-hybridized carbons (Fsp3) is 0.0769. The zero-order valence-electron chi connectivity index (χ0n) is 11.7. The van der Waals surface area contributed by atoms with E-state index in [1.165, 1.54) is 12.1 Å². The number of fused-ring (bicyclic) bond motifs is 1. The minimum absolute atomic E-state index is 0.0633. The third-order valence-corrected chi connectivity index (χ3v) is 4.65. The van der Waals surface area contributed by atoms with Crippen molar-refractivity contribution in [3.63, 3.8) is 0 Å². The zero-order valence-corrected chi connectivity index (χ0v) is 14.9. The quantitative estimate of drug-likeness (QED) is 0.464. The van der Waals surface area contributed by atoms with Crippen molar-refractivity contribution >= 4 is 60.9 Å². The number of benzene rings is 1. The average Bonchev–Trinajstić information content (AvgIpc) is 2.95. The van der Waals surface area contributed by atoms with E-state index in [4.69, 9.17) is 16.0 Å². The van der Waals surface area contributed by atoms with Crippen LogP contribution in [0.2, 0.25) is 0 Å². The lowest BCUT2D eigenvalue weighted by molar-refractivity contribution is 0.0939. The smallest absolute Gasteiger partial charge is 0.375 e. The molecule has 1 amide bonds. The largest absolute Gasteiger partial charge is 0.506 e. The number of hydrogen-bond acceptors (Lipinski definition) is 7. The number of rotatable bonds is 3. The molecule has 2 N–H and O–H groups in total. The Morgan fingerprint density at radius 3 is 2.76 bits per heavy atom. The number of nitrogens with zero attached hydrogens (tertiary/aromatic N) is 2. The first-order valence-electron chi connectivity index (χ1n) is 6.34. The molecule has 7 nitrogen and oxygen atoms in total. The minimum atomic E-state index is -3.74.